The number of hydrogen-bond donors (Lipinski definition) is 0. The van der Waals surface area contributed by atoms with Gasteiger partial charge in [-0.3, -0.25) is 9.88 Å². The summed E-state index contributed by atoms with van der Waals surface area (Å²) in [5.41, 5.74) is 3.48. The summed E-state index contributed by atoms with van der Waals surface area (Å²) in [6, 6.07) is 12.6. The van der Waals surface area contributed by atoms with E-state index in [4.69, 9.17) is 4.74 Å². The van der Waals surface area contributed by atoms with E-state index >= 15 is 0 Å². The number of fused-ring (bicyclic) bond motifs is 1. The van der Waals surface area contributed by atoms with Crippen molar-refractivity contribution < 1.29 is 9.53 Å². The number of methoxy groups -OCH3 is 1. The largest absolute Gasteiger partial charge is 0.497 e. The molecule has 0 N–H and O–H groups in total. The van der Waals surface area contributed by atoms with E-state index in [1.54, 1.807) is 12.0 Å². The van der Waals surface area contributed by atoms with Crippen molar-refractivity contribution >= 4 is 6.03 Å². The number of carbonyl (C=O) groups is 1. The second kappa shape index (κ2) is 8.03. The van der Waals surface area contributed by atoms with Gasteiger partial charge >= 0.3 is 6.03 Å². The number of benzene rings is 1. The molecule has 2 fully saturated rings. The van der Waals surface area contributed by atoms with E-state index in [1.807, 2.05) is 32.4 Å². The first kappa shape index (κ1) is 19.7. The number of pyridine rings is 1. The van der Waals surface area contributed by atoms with Gasteiger partial charge in [0.15, 0.2) is 0 Å². The third-order valence-electron chi connectivity index (χ3n) is 6.18. The lowest BCUT2D eigenvalue weighted by Gasteiger charge is -2.32. The van der Waals surface area contributed by atoms with Gasteiger partial charge < -0.3 is 14.5 Å². The van der Waals surface area contributed by atoms with E-state index in [0.29, 0.717) is 11.8 Å². The molecule has 2 aliphatic rings. The Bertz CT molecular complexity index is 850. The number of amides is 2. The highest BCUT2D eigenvalue weighted by Gasteiger charge is 2.49. The third kappa shape index (κ3) is 3.94. The Hall–Kier alpha value is -2.60. The van der Waals surface area contributed by atoms with Gasteiger partial charge in [0.1, 0.15) is 5.75 Å². The number of aryl methyl sites for hydroxylation is 1. The molecule has 2 aliphatic heterocycles. The summed E-state index contributed by atoms with van der Waals surface area (Å²) in [5.74, 6) is 1.75. The van der Waals surface area contributed by atoms with Crippen LogP contribution in [0.4, 0.5) is 4.79 Å². The van der Waals surface area contributed by atoms with E-state index in [-0.39, 0.29) is 12.1 Å². The maximum atomic E-state index is 12.9. The van der Waals surface area contributed by atoms with E-state index < -0.39 is 0 Å². The van der Waals surface area contributed by atoms with Gasteiger partial charge in [0, 0.05) is 52.4 Å². The first-order valence-corrected chi connectivity index (χ1v) is 10.2. The van der Waals surface area contributed by atoms with E-state index in [2.05, 4.69) is 46.0 Å². The Morgan fingerprint density at radius 3 is 2.52 bits per heavy atom. The van der Waals surface area contributed by atoms with Crippen molar-refractivity contribution in [3.8, 4) is 5.75 Å². The van der Waals surface area contributed by atoms with Crippen molar-refractivity contribution in [2.45, 2.75) is 19.5 Å². The standard InChI is InChI=1S/C23H30N4O2/c1-16-5-8-19(24-11-16)14-26-12-18-13-27(23(28)25(2)3)22(21(18)15-26)17-6-9-20(29-4)10-7-17/h5-11,18,21-22H,12-15H2,1-4H3/t18-,21-,22+/m1/s1. The molecular weight excluding hydrogens is 364 g/mol. The van der Waals surface area contributed by atoms with Gasteiger partial charge in [-0.25, -0.2) is 4.79 Å². The normalized spacial score (nSPS) is 23.9. The van der Waals surface area contributed by atoms with Gasteiger partial charge in [0.2, 0.25) is 0 Å². The predicted molar refractivity (Wildman–Crippen MR) is 113 cm³/mol. The molecular formula is C23H30N4O2. The molecule has 1 aromatic heterocycles. The molecule has 0 aliphatic carbocycles. The van der Waals surface area contributed by atoms with Crippen molar-refractivity contribution in [2.24, 2.45) is 11.8 Å². The molecule has 0 radical (unpaired) electrons. The molecule has 2 amide bonds. The van der Waals surface area contributed by atoms with Gasteiger partial charge in [-0.05, 0) is 42.2 Å². The molecule has 2 saturated heterocycles. The number of carbonyl (C=O) groups excluding carboxylic acids is 1. The van der Waals surface area contributed by atoms with Crippen LogP contribution in [0.25, 0.3) is 0 Å². The zero-order chi connectivity index (χ0) is 20.5. The Balaban J connectivity index is 1.55. The summed E-state index contributed by atoms with van der Waals surface area (Å²) in [6.07, 6.45) is 1.93. The highest BCUT2D eigenvalue weighted by molar-refractivity contribution is 5.75. The molecule has 0 spiro atoms. The number of urea groups is 1. The molecule has 3 atom stereocenters. The number of likely N-dealkylation sites (tertiary alicyclic amines) is 2. The van der Waals surface area contributed by atoms with Crippen LogP contribution in [0.5, 0.6) is 5.75 Å². The first-order valence-electron chi connectivity index (χ1n) is 10.2. The van der Waals surface area contributed by atoms with Crippen LogP contribution in [-0.2, 0) is 6.54 Å². The minimum absolute atomic E-state index is 0.0898. The minimum atomic E-state index is 0.0898. The summed E-state index contributed by atoms with van der Waals surface area (Å²) in [4.78, 5) is 23.7. The Morgan fingerprint density at radius 1 is 1.14 bits per heavy atom. The molecule has 154 valence electrons. The van der Waals surface area contributed by atoms with Crippen LogP contribution in [0.15, 0.2) is 42.6 Å². The van der Waals surface area contributed by atoms with Crippen LogP contribution in [-0.4, -0.2) is 66.6 Å². The molecule has 2 aromatic rings. The van der Waals surface area contributed by atoms with Crippen LogP contribution in [0.1, 0.15) is 22.9 Å². The summed E-state index contributed by atoms with van der Waals surface area (Å²) in [5, 5.41) is 0. The van der Waals surface area contributed by atoms with Crippen molar-refractivity contribution in [3.05, 3.63) is 59.4 Å². The Morgan fingerprint density at radius 2 is 1.90 bits per heavy atom. The molecule has 6 nitrogen and oxygen atoms in total. The number of rotatable bonds is 4. The number of nitrogens with zero attached hydrogens (tertiary/aromatic N) is 4. The highest BCUT2D eigenvalue weighted by atomic mass is 16.5. The molecule has 0 unspecified atom stereocenters. The van der Waals surface area contributed by atoms with Crippen molar-refractivity contribution in [1.29, 1.82) is 0 Å². The van der Waals surface area contributed by atoms with Crippen LogP contribution >= 0.6 is 0 Å². The van der Waals surface area contributed by atoms with Gasteiger partial charge in [-0.2, -0.15) is 0 Å². The van der Waals surface area contributed by atoms with Crippen molar-refractivity contribution in [1.82, 2.24) is 19.7 Å². The van der Waals surface area contributed by atoms with Gasteiger partial charge in [0.05, 0.1) is 18.8 Å². The van der Waals surface area contributed by atoms with Gasteiger partial charge in [0.25, 0.3) is 0 Å². The molecule has 3 heterocycles. The van der Waals surface area contributed by atoms with Crippen LogP contribution in [0.3, 0.4) is 0 Å². The molecule has 6 heteroatoms. The van der Waals surface area contributed by atoms with E-state index in [0.717, 1.165) is 37.6 Å². The zero-order valence-corrected chi connectivity index (χ0v) is 17.7. The second-order valence-corrected chi connectivity index (χ2v) is 8.49. The maximum absolute atomic E-state index is 12.9. The molecule has 1 aromatic carbocycles. The molecule has 4 rings (SSSR count). The van der Waals surface area contributed by atoms with E-state index in [1.165, 1.54) is 11.1 Å². The van der Waals surface area contributed by atoms with Crippen molar-refractivity contribution in [3.63, 3.8) is 0 Å². The van der Waals surface area contributed by atoms with Crippen LogP contribution in [0.2, 0.25) is 0 Å². The Kier molecular flexibility index (Phi) is 5.46. The summed E-state index contributed by atoms with van der Waals surface area (Å²) in [6.45, 7) is 5.71. The quantitative estimate of drug-likeness (QED) is 0.799. The smallest absolute Gasteiger partial charge is 0.320 e. The summed E-state index contributed by atoms with van der Waals surface area (Å²) >= 11 is 0. The fraction of sp³-hybridized carbons (Fsp3) is 0.478. The lowest BCUT2D eigenvalue weighted by molar-refractivity contribution is 0.151. The summed E-state index contributed by atoms with van der Waals surface area (Å²) in [7, 11) is 5.34. The fourth-order valence-corrected chi connectivity index (χ4v) is 4.77. The number of ether oxygens (including phenoxy) is 1. The lowest BCUT2D eigenvalue weighted by Crippen LogP contribution is -2.41. The molecule has 29 heavy (non-hydrogen) atoms. The average Bonchev–Trinajstić information content (AvgIpc) is 3.26. The van der Waals surface area contributed by atoms with Crippen LogP contribution in [0, 0.1) is 18.8 Å². The highest BCUT2D eigenvalue weighted by Crippen LogP contribution is 2.45. The fourth-order valence-electron chi connectivity index (χ4n) is 4.77. The SMILES string of the molecule is COc1ccc([C@H]2[C@@H]3CN(Cc4ccc(C)cn4)C[C@@H]3CN2C(=O)N(C)C)cc1. The first-order chi connectivity index (χ1) is 14.0. The third-order valence-corrected chi connectivity index (χ3v) is 6.18. The predicted octanol–water partition coefficient (Wildman–Crippen LogP) is 3.19. The second-order valence-electron chi connectivity index (χ2n) is 8.49. The summed E-state index contributed by atoms with van der Waals surface area (Å²) < 4.78 is 5.32. The van der Waals surface area contributed by atoms with Gasteiger partial charge in [-0.1, -0.05) is 18.2 Å². The maximum Gasteiger partial charge on any atom is 0.320 e. The molecule has 0 saturated carbocycles. The topological polar surface area (TPSA) is 48.9 Å². The minimum Gasteiger partial charge on any atom is -0.497 e. The average molecular weight is 395 g/mol. The van der Waals surface area contributed by atoms with Crippen LogP contribution < -0.4 is 4.74 Å². The Labute approximate surface area is 173 Å². The van der Waals surface area contributed by atoms with Gasteiger partial charge in [-0.15, -0.1) is 0 Å². The monoisotopic (exact) mass is 394 g/mol. The zero-order valence-electron chi connectivity index (χ0n) is 17.7. The number of hydrogen-bond acceptors (Lipinski definition) is 4. The number of aromatic nitrogens is 1. The van der Waals surface area contributed by atoms with E-state index in [9.17, 15) is 4.79 Å². The lowest BCUT2D eigenvalue weighted by atomic mass is 9.89. The van der Waals surface area contributed by atoms with Crippen molar-refractivity contribution in [2.75, 3.05) is 40.8 Å². The molecule has 0 bridgehead atoms.